The SMILES string of the molecule is CCCCN(CCCC)C1CCCCC1OC(=O)OC1CCCCC1N(CCCC)CCCC.O.O=S(=O)(O)O. The van der Waals surface area contributed by atoms with Crippen molar-refractivity contribution >= 4 is 16.6 Å². The lowest BCUT2D eigenvalue weighted by atomic mass is 9.90. The van der Waals surface area contributed by atoms with Gasteiger partial charge >= 0.3 is 16.6 Å². The van der Waals surface area contributed by atoms with E-state index < -0.39 is 16.6 Å². The van der Waals surface area contributed by atoms with Crippen LogP contribution in [0.25, 0.3) is 0 Å². The molecule has 0 heterocycles. The Morgan fingerprint density at radius 2 is 0.925 bits per heavy atom. The van der Waals surface area contributed by atoms with E-state index in [1.807, 2.05) is 0 Å². The number of hydrogen-bond donors (Lipinski definition) is 2. The van der Waals surface area contributed by atoms with E-state index >= 15 is 0 Å². The molecule has 0 aromatic heterocycles. The second-order valence-electron chi connectivity index (χ2n) is 11.2. The van der Waals surface area contributed by atoms with E-state index in [1.165, 1.54) is 64.2 Å². The molecule has 0 aromatic carbocycles. The Bertz CT molecular complexity index is 672. The van der Waals surface area contributed by atoms with Gasteiger partial charge in [-0.15, -0.1) is 0 Å². The van der Waals surface area contributed by atoms with Crippen molar-refractivity contribution in [1.82, 2.24) is 9.80 Å². The predicted molar refractivity (Wildman–Crippen MR) is 160 cm³/mol. The molecule has 0 saturated heterocycles. The van der Waals surface area contributed by atoms with Gasteiger partial charge in [-0.25, -0.2) is 4.79 Å². The number of carbonyl (C=O) groups is 1. The van der Waals surface area contributed by atoms with Crippen LogP contribution in [0.15, 0.2) is 0 Å². The van der Waals surface area contributed by atoms with Crippen LogP contribution in [0.3, 0.4) is 0 Å². The number of unbranched alkanes of at least 4 members (excludes halogenated alkanes) is 4. The van der Waals surface area contributed by atoms with Crippen LogP contribution in [0, 0.1) is 0 Å². The highest BCUT2D eigenvalue weighted by atomic mass is 32.3. The molecule has 4 unspecified atom stereocenters. The molecule has 40 heavy (non-hydrogen) atoms. The number of nitrogens with zero attached hydrogens (tertiary/aromatic N) is 2. The monoisotopic (exact) mass is 596 g/mol. The van der Waals surface area contributed by atoms with E-state index in [1.54, 1.807) is 0 Å². The summed E-state index contributed by atoms with van der Waals surface area (Å²) in [6.45, 7) is 13.5. The van der Waals surface area contributed by atoms with Gasteiger partial charge in [0.15, 0.2) is 0 Å². The molecular formula is C29H60N2O8S. The quantitative estimate of drug-likeness (QED) is 0.159. The van der Waals surface area contributed by atoms with Crippen molar-refractivity contribution in [2.24, 2.45) is 0 Å². The molecule has 0 amide bonds. The van der Waals surface area contributed by atoms with Gasteiger partial charge in [-0.2, -0.15) is 8.42 Å². The molecule has 240 valence electrons. The van der Waals surface area contributed by atoms with Crippen molar-refractivity contribution in [3.63, 3.8) is 0 Å². The Kier molecular flexibility index (Phi) is 22.0. The minimum Gasteiger partial charge on any atom is -0.429 e. The predicted octanol–water partition coefficient (Wildman–Crippen LogP) is 6.09. The number of rotatable bonds is 16. The lowest BCUT2D eigenvalue weighted by Gasteiger charge is -2.41. The minimum absolute atomic E-state index is 0. The number of hydrogen-bond acceptors (Lipinski definition) is 7. The van der Waals surface area contributed by atoms with Crippen molar-refractivity contribution in [1.29, 1.82) is 0 Å². The molecule has 2 saturated carbocycles. The Balaban J connectivity index is 0.00000232. The molecule has 4 N–H and O–H groups in total. The molecule has 0 bridgehead atoms. The molecule has 4 atom stereocenters. The lowest BCUT2D eigenvalue weighted by Crippen LogP contribution is -2.50. The Morgan fingerprint density at radius 1 is 0.650 bits per heavy atom. The summed E-state index contributed by atoms with van der Waals surface area (Å²) >= 11 is 0. The molecule has 0 radical (unpaired) electrons. The van der Waals surface area contributed by atoms with Crippen LogP contribution in [0.5, 0.6) is 0 Å². The second kappa shape index (κ2) is 22.6. The van der Waals surface area contributed by atoms with Crippen LogP contribution in [0.4, 0.5) is 4.79 Å². The lowest BCUT2D eigenvalue weighted by molar-refractivity contribution is -0.0668. The van der Waals surface area contributed by atoms with E-state index in [-0.39, 0.29) is 17.7 Å². The van der Waals surface area contributed by atoms with Crippen LogP contribution in [0.2, 0.25) is 0 Å². The van der Waals surface area contributed by atoms with Crippen molar-refractivity contribution in [3.05, 3.63) is 0 Å². The topological polar surface area (TPSA) is 148 Å². The molecule has 0 spiro atoms. The molecule has 10 nitrogen and oxygen atoms in total. The van der Waals surface area contributed by atoms with Gasteiger partial charge in [0.1, 0.15) is 12.2 Å². The van der Waals surface area contributed by atoms with Gasteiger partial charge in [0.05, 0.1) is 0 Å². The highest BCUT2D eigenvalue weighted by Crippen LogP contribution is 2.30. The van der Waals surface area contributed by atoms with E-state index in [9.17, 15) is 4.79 Å². The smallest absolute Gasteiger partial charge is 0.429 e. The van der Waals surface area contributed by atoms with Gasteiger partial charge in [-0.05, 0) is 90.4 Å². The zero-order chi connectivity index (χ0) is 29.1. The standard InChI is InChI=1S/C29H56N2O3.H2O4S.H2O/c1-5-9-21-30(22-10-6-2)25-17-13-15-19-27(25)33-29(32)34-28-20-16-14-18-26(28)31(23-11-7-3)24-12-8-4;1-5(2,3)4;/h25-28H,5-24H2,1-4H3;(H2,1,2,3,4);1H2. The molecule has 2 aliphatic carbocycles. The molecule has 11 heteroatoms. The van der Waals surface area contributed by atoms with E-state index in [0.717, 1.165) is 64.7 Å². The third-order valence-corrected chi connectivity index (χ3v) is 7.96. The fraction of sp³-hybridized carbons (Fsp3) is 0.966. The van der Waals surface area contributed by atoms with Crippen molar-refractivity contribution in [2.45, 2.75) is 155 Å². The van der Waals surface area contributed by atoms with Crippen molar-refractivity contribution in [3.8, 4) is 0 Å². The molecule has 2 fully saturated rings. The van der Waals surface area contributed by atoms with Crippen LogP contribution in [-0.4, -0.2) is 89.4 Å². The van der Waals surface area contributed by atoms with Gasteiger partial charge in [0.25, 0.3) is 0 Å². The largest absolute Gasteiger partial charge is 0.508 e. The zero-order valence-electron chi connectivity index (χ0n) is 25.7. The molecule has 2 aliphatic rings. The van der Waals surface area contributed by atoms with E-state index in [2.05, 4.69) is 37.5 Å². The maximum absolute atomic E-state index is 13.1. The summed E-state index contributed by atoms with van der Waals surface area (Å²) in [6.07, 6.45) is 18.2. The third-order valence-electron chi connectivity index (χ3n) is 7.96. The summed E-state index contributed by atoms with van der Waals surface area (Å²) < 4.78 is 43.8. The maximum Gasteiger partial charge on any atom is 0.508 e. The van der Waals surface area contributed by atoms with Gasteiger partial charge in [-0.1, -0.05) is 66.2 Å². The Hall–Kier alpha value is -0.980. The summed E-state index contributed by atoms with van der Waals surface area (Å²) in [5.41, 5.74) is 0. The molecule has 2 rings (SSSR count). The fourth-order valence-corrected chi connectivity index (χ4v) is 5.87. The average molecular weight is 597 g/mol. The van der Waals surface area contributed by atoms with Crippen molar-refractivity contribution < 1.29 is 37.3 Å². The van der Waals surface area contributed by atoms with E-state index in [4.69, 9.17) is 27.0 Å². The van der Waals surface area contributed by atoms with Gasteiger partial charge in [0, 0.05) is 12.1 Å². The third kappa shape index (κ3) is 17.1. The summed E-state index contributed by atoms with van der Waals surface area (Å²) in [4.78, 5) is 18.3. The first kappa shape index (κ1) is 39.0. The highest BCUT2D eigenvalue weighted by molar-refractivity contribution is 7.79. The second-order valence-corrected chi connectivity index (χ2v) is 12.1. The molecule has 0 aliphatic heterocycles. The first-order valence-corrected chi connectivity index (χ1v) is 17.1. The van der Waals surface area contributed by atoms with Crippen LogP contribution >= 0.6 is 0 Å². The summed E-state index contributed by atoms with van der Waals surface area (Å²) in [7, 11) is -4.67. The zero-order valence-corrected chi connectivity index (χ0v) is 26.5. The van der Waals surface area contributed by atoms with E-state index in [0.29, 0.717) is 12.1 Å². The van der Waals surface area contributed by atoms with Crippen molar-refractivity contribution in [2.75, 3.05) is 26.2 Å². The highest BCUT2D eigenvalue weighted by Gasteiger charge is 2.36. The number of carbonyl (C=O) groups excluding carboxylic acids is 1. The minimum atomic E-state index is -4.67. The number of ether oxygens (including phenoxy) is 2. The molecular weight excluding hydrogens is 536 g/mol. The summed E-state index contributed by atoms with van der Waals surface area (Å²) in [5, 5.41) is 0. The molecule has 0 aromatic rings. The van der Waals surface area contributed by atoms with Crippen LogP contribution in [-0.2, 0) is 19.9 Å². The van der Waals surface area contributed by atoms with Gasteiger partial charge < -0.3 is 14.9 Å². The normalized spacial score (nSPS) is 23.2. The van der Waals surface area contributed by atoms with Crippen LogP contribution in [0.1, 0.15) is 130 Å². The maximum atomic E-state index is 13.1. The van der Waals surface area contributed by atoms with Gasteiger partial charge in [-0.3, -0.25) is 18.9 Å². The Labute approximate surface area is 244 Å². The van der Waals surface area contributed by atoms with Crippen LogP contribution < -0.4 is 0 Å². The average Bonchev–Trinajstić information content (AvgIpc) is 2.89. The first-order valence-electron chi connectivity index (χ1n) is 15.7. The van der Waals surface area contributed by atoms with Gasteiger partial charge in [0.2, 0.25) is 0 Å². The first-order chi connectivity index (χ1) is 18.6. The fourth-order valence-electron chi connectivity index (χ4n) is 5.87. The summed E-state index contributed by atoms with van der Waals surface area (Å²) in [6, 6.07) is 0.708. The Morgan fingerprint density at radius 3 is 1.20 bits per heavy atom. The summed E-state index contributed by atoms with van der Waals surface area (Å²) in [5.74, 6) is 0.